The first-order valence-corrected chi connectivity index (χ1v) is 8.53. The van der Waals surface area contributed by atoms with Gasteiger partial charge in [-0.1, -0.05) is 34.1 Å². The van der Waals surface area contributed by atoms with Crippen LogP contribution in [0.15, 0.2) is 0 Å². The standard InChI is InChI=1S/C18H32O4/c1-7-9-10-22-16(20)18(6)12-17(4,5)13(3)11-14(18)15(19)21-8-2/h13-14H,7-12H2,1-6H3/t13-,14-,18?/m1/s1. The Labute approximate surface area is 134 Å². The van der Waals surface area contributed by atoms with E-state index in [9.17, 15) is 9.59 Å². The predicted molar refractivity (Wildman–Crippen MR) is 86.3 cm³/mol. The molecule has 1 fully saturated rings. The zero-order chi connectivity index (χ0) is 17.0. The van der Waals surface area contributed by atoms with Gasteiger partial charge >= 0.3 is 11.9 Å². The van der Waals surface area contributed by atoms with Gasteiger partial charge in [-0.15, -0.1) is 0 Å². The Morgan fingerprint density at radius 2 is 1.77 bits per heavy atom. The molecule has 0 aromatic carbocycles. The highest BCUT2D eigenvalue weighted by Gasteiger charge is 2.55. The molecule has 0 bridgehead atoms. The Bertz CT molecular complexity index is 402. The number of carbonyl (C=O) groups is 2. The Balaban J connectivity index is 3.00. The van der Waals surface area contributed by atoms with E-state index in [0.29, 0.717) is 32.0 Å². The molecule has 1 rings (SSSR count). The van der Waals surface area contributed by atoms with E-state index >= 15 is 0 Å². The van der Waals surface area contributed by atoms with Crippen LogP contribution >= 0.6 is 0 Å². The monoisotopic (exact) mass is 312 g/mol. The van der Waals surface area contributed by atoms with Crippen molar-refractivity contribution in [3.05, 3.63) is 0 Å². The maximum Gasteiger partial charge on any atom is 0.312 e. The highest BCUT2D eigenvalue weighted by molar-refractivity contribution is 5.85. The van der Waals surface area contributed by atoms with Crippen LogP contribution in [0.1, 0.15) is 67.2 Å². The summed E-state index contributed by atoms with van der Waals surface area (Å²) < 4.78 is 10.7. The average molecular weight is 312 g/mol. The number of esters is 2. The van der Waals surface area contributed by atoms with Crippen LogP contribution < -0.4 is 0 Å². The normalized spacial score (nSPS) is 30.6. The molecule has 128 valence electrons. The minimum atomic E-state index is -0.796. The molecule has 0 aromatic rings. The number of carbonyl (C=O) groups excluding carboxylic acids is 2. The van der Waals surface area contributed by atoms with E-state index in [1.165, 1.54) is 0 Å². The van der Waals surface area contributed by atoms with Crippen molar-refractivity contribution in [2.45, 2.75) is 67.2 Å². The van der Waals surface area contributed by atoms with Gasteiger partial charge in [0.25, 0.3) is 0 Å². The lowest BCUT2D eigenvalue weighted by Gasteiger charge is -2.48. The second kappa shape index (κ2) is 7.47. The first kappa shape index (κ1) is 19.0. The summed E-state index contributed by atoms with van der Waals surface area (Å²) in [5.74, 6) is -0.568. The number of ether oxygens (including phenoxy) is 2. The lowest BCUT2D eigenvalue weighted by atomic mass is 9.55. The maximum atomic E-state index is 12.7. The summed E-state index contributed by atoms with van der Waals surface area (Å²) in [5, 5.41) is 0. The van der Waals surface area contributed by atoms with Gasteiger partial charge in [0.2, 0.25) is 0 Å². The molecule has 0 saturated heterocycles. The van der Waals surface area contributed by atoms with Gasteiger partial charge in [-0.3, -0.25) is 9.59 Å². The molecule has 0 N–H and O–H groups in total. The van der Waals surface area contributed by atoms with Crippen molar-refractivity contribution in [2.24, 2.45) is 22.7 Å². The fourth-order valence-corrected chi connectivity index (χ4v) is 3.46. The van der Waals surface area contributed by atoms with Crippen LogP contribution in [0.5, 0.6) is 0 Å². The molecule has 22 heavy (non-hydrogen) atoms. The molecule has 0 amide bonds. The molecular weight excluding hydrogens is 280 g/mol. The van der Waals surface area contributed by atoms with Crippen molar-refractivity contribution in [3.63, 3.8) is 0 Å². The number of rotatable bonds is 6. The molecule has 4 nitrogen and oxygen atoms in total. The van der Waals surface area contributed by atoms with Gasteiger partial charge in [-0.25, -0.2) is 0 Å². The van der Waals surface area contributed by atoms with Gasteiger partial charge in [0, 0.05) is 0 Å². The van der Waals surface area contributed by atoms with Gasteiger partial charge in [-0.05, 0) is 44.4 Å². The number of hydrogen-bond acceptors (Lipinski definition) is 4. The van der Waals surface area contributed by atoms with Crippen LogP contribution in [0.4, 0.5) is 0 Å². The average Bonchev–Trinajstić information content (AvgIpc) is 2.42. The first-order chi connectivity index (χ1) is 10.2. The third-order valence-electron chi connectivity index (χ3n) is 5.28. The van der Waals surface area contributed by atoms with Gasteiger partial charge in [0.05, 0.1) is 24.5 Å². The minimum absolute atomic E-state index is 0.00151. The summed E-state index contributed by atoms with van der Waals surface area (Å²) in [6, 6.07) is 0. The molecule has 4 heteroatoms. The van der Waals surface area contributed by atoms with Gasteiger partial charge < -0.3 is 9.47 Å². The van der Waals surface area contributed by atoms with Crippen LogP contribution in [0, 0.1) is 22.7 Å². The van der Waals surface area contributed by atoms with Crippen LogP contribution in [-0.4, -0.2) is 25.2 Å². The molecule has 1 unspecified atom stereocenters. The van der Waals surface area contributed by atoms with Gasteiger partial charge in [0.1, 0.15) is 0 Å². The molecular formula is C18H32O4. The summed E-state index contributed by atoms with van der Waals surface area (Å²) in [4.78, 5) is 25.1. The Hall–Kier alpha value is -1.06. The summed E-state index contributed by atoms with van der Waals surface area (Å²) in [6.07, 6.45) is 3.15. The largest absolute Gasteiger partial charge is 0.466 e. The second-order valence-electron chi connectivity index (χ2n) is 7.51. The van der Waals surface area contributed by atoms with Crippen molar-refractivity contribution in [3.8, 4) is 0 Å². The molecule has 1 saturated carbocycles. The van der Waals surface area contributed by atoms with Crippen molar-refractivity contribution < 1.29 is 19.1 Å². The Kier molecular flexibility index (Phi) is 6.45. The van der Waals surface area contributed by atoms with Crippen LogP contribution in [-0.2, 0) is 19.1 Å². The van der Waals surface area contributed by atoms with Crippen LogP contribution in [0.25, 0.3) is 0 Å². The molecule has 0 heterocycles. The van der Waals surface area contributed by atoms with Gasteiger partial charge in [-0.2, -0.15) is 0 Å². The maximum absolute atomic E-state index is 12.7. The van der Waals surface area contributed by atoms with Crippen LogP contribution in [0.3, 0.4) is 0 Å². The zero-order valence-corrected chi connectivity index (χ0v) is 15.0. The highest BCUT2D eigenvalue weighted by atomic mass is 16.5. The fourth-order valence-electron chi connectivity index (χ4n) is 3.46. The number of hydrogen-bond donors (Lipinski definition) is 0. The third kappa shape index (κ3) is 4.02. The van der Waals surface area contributed by atoms with E-state index in [0.717, 1.165) is 12.8 Å². The Morgan fingerprint density at radius 1 is 1.14 bits per heavy atom. The van der Waals surface area contributed by atoms with E-state index in [2.05, 4.69) is 27.7 Å². The van der Waals surface area contributed by atoms with E-state index in [1.54, 1.807) is 6.92 Å². The SMILES string of the molecule is CCCCOC(=O)C1(C)CC(C)(C)[C@H](C)C[C@@H]1C(=O)OCC. The van der Waals surface area contributed by atoms with E-state index in [-0.39, 0.29) is 17.4 Å². The lowest BCUT2D eigenvalue weighted by Crippen LogP contribution is -2.51. The zero-order valence-electron chi connectivity index (χ0n) is 15.0. The third-order valence-corrected chi connectivity index (χ3v) is 5.28. The van der Waals surface area contributed by atoms with E-state index in [1.807, 2.05) is 6.92 Å². The van der Waals surface area contributed by atoms with Crippen molar-refractivity contribution in [1.82, 2.24) is 0 Å². The van der Waals surface area contributed by atoms with Crippen molar-refractivity contribution in [2.75, 3.05) is 13.2 Å². The highest BCUT2D eigenvalue weighted by Crippen LogP contribution is 2.53. The summed E-state index contributed by atoms with van der Waals surface area (Å²) in [7, 11) is 0. The first-order valence-electron chi connectivity index (χ1n) is 8.53. The van der Waals surface area contributed by atoms with Crippen LogP contribution in [0.2, 0.25) is 0 Å². The quantitative estimate of drug-likeness (QED) is 0.550. The van der Waals surface area contributed by atoms with Crippen molar-refractivity contribution in [1.29, 1.82) is 0 Å². The molecule has 0 aromatic heterocycles. The molecule has 0 aliphatic heterocycles. The predicted octanol–water partition coefficient (Wildman–Crippen LogP) is 3.97. The molecule has 1 aliphatic carbocycles. The summed E-state index contributed by atoms with van der Waals surface area (Å²) in [5.41, 5.74) is -0.794. The second-order valence-corrected chi connectivity index (χ2v) is 7.51. The summed E-state index contributed by atoms with van der Waals surface area (Å²) in [6.45, 7) is 13.0. The summed E-state index contributed by atoms with van der Waals surface area (Å²) >= 11 is 0. The van der Waals surface area contributed by atoms with Crippen molar-refractivity contribution >= 4 is 11.9 Å². The molecule has 3 atom stereocenters. The van der Waals surface area contributed by atoms with Gasteiger partial charge in [0.15, 0.2) is 0 Å². The van der Waals surface area contributed by atoms with E-state index in [4.69, 9.17) is 9.47 Å². The number of unbranched alkanes of at least 4 members (excludes halogenated alkanes) is 1. The minimum Gasteiger partial charge on any atom is -0.466 e. The van der Waals surface area contributed by atoms with E-state index < -0.39 is 11.3 Å². The smallest absolute Gasteiger partial charge is 0.312 e. The fraction of sp³-hybridized carbons (Fsp3) is 0.889. The molecule has 0 radical (unpaired) electrons. The topological polar surface area (TPSA) is 52.6 Å². The molecule has 0 spiro atoms. The lowest BCUT2D eigenvalue weighted by molar-refractivity contribution is -0.178. The Morgan fingerprint density at radius 3 is 2.32 bits per heavy atom. The molecule has 1 aliphatic rings.